The van der Waals surface area contributed by atoms with Gasteiger partial charge < -0.3 is 0 Å². The van der Waals surface area contributed by atoms with Crippen molar-refractivity contribution in [3.05, 3.63) is 64.1 Å². The maximum Gasteiger partial charge on any atom is 0.185 e. The smallest absolute Gasteiger partial charge is 0.185 e. The molecular formula is C13H9BrFNO. The Morgan fingerprint density at radius 3 is 2.65 bits per heavy atom. The first kappa shape index (κ1) is 11.9. The summed E-state index contributed by atoms with van der Waals surface area (Å²) < 4.78 is 13.5. The molecule has 2 nitrogen and oxygen atoms in total. The molecule has 86 valence electrons. The second-order valence-corrected chi connectivity index (χ2v) is 4.41. The molecule has 2 aromatic rings. The zero-order valence-electron chi connectivity index (χ0n) is 8.86. The summed E-state index contributed by atoms with van der Waals surface area (Å²) in [7, 11) is 0. The van der Waals surface area contributed by atoms with Gasteiger partial charge in [0, 0.05) is 10.9 Å². The zero-order chi connectivity index (χ0) is 12.3. The fourth-order valence-electron chi connectivity index (χ4n) is 1.45. The number of halogens is 2. The standard InChI is InChI=1S/C13H9BrFNO/c14-11-4-2-1-3-9(11)7-13(17)12-6-5-10(15)8-16-12/h1-6,8H,7H2. The molecule has 1 aromatic heterocycles. The van der Waals surface area contributed by atoms with Crippen LogP contribution >= 0.6 is 15.9 Å². The largest absolute Gasteiger partial charge is 0.292 e. The predicted molar refractivity (Wildman–Crippen MR) is 66.4 cm³/mol. The molecular weight excluding hydrogens is 285 g/mol. The topological polar surface area (TPSA) is 30.0 Å². The number of aromatic nitrogens is 1. The maximum atomic E-state index is 12.7. The first-order valence-corrected chi connectivity index (χ1v) is 5.84. The SMILES string of the molecule is O=C(Cc1ccccc1Br)c1ccc(F)cn1. The average molecular weight is 294 g/mol. The van der Waals surface area contributed by atoms with E-state index in [4.69, 9.17) is 0 Å². The van der Waals surface area contributed by atoms with Gasteiger partial charge in [0.15, 0.2) is 5.78 Å². The van der Waals surface area contributed by atoms with E-state index in [-0.39, 0.29) is 17.9 Å². The summed E-state index contributed by atoms with van der Waals surface area (Å²) in [5.74, 6) is -0.570. The molecule has 2 rings (SSSR count). The predicted octanol–water partition coefficient (Wildman–Crippen LogP) is 3.41. The molecule has 0 fully saturated rings. The van der Waals surface area contributed by atoms with Crippen molar-refractivity contribution in [2.75, 3.05) is 0 Å². The number of rotatable bonds is 3. The molecule has 1 aromatic carbocycles. The lowest BCUT2D eigenvalue weighted by atomic mass is 10.1. The Balaban J connectivity index is 2.17. The van der Waals surface area contributed by atoms with Gasteiger partial charge in [0.1, 0.15) is 11.5 Å². The van der Waals surface area contributed by atoms with Crippen molar-refractivity contribution < 1.29 is 9.18 Å². The Hall–Kier alpha value is -1.55. The summed E-state index contributed by atoms with van der Waals surface area (Å²) in [6.45, 7) is 0. The number of pyridine rings is 1. The molecule has 0 aliphatic carbocycles. The summed E-state index contributed by atoms with van der Waals surface area (Å²) in [5, 5.41) is 0. The van der Waals surface area contributed by atoms with Crippen LogP contribution in [-0.2, 0) is 6.42 Å². The number of hydrogen-bond acceptors (Lipinski definition) is 2. The van der Waals surface area contributed by atoms with Crippen molar-refractivity contribution in [2.45, 2.75) is 6.42 Å². The van der Waals surface area contributed by atoms with E-state index in [1.165, 1.54) is 12.1 Å². The van der Waals surface area contributed by atoms with Gasteiger partial charge in [-0.3, -0.25) is 9.78 Å². The minimum Gasteiger partial charge on any atom is -0.292 e. The van der Waals surface area contributed by atoms with Crippen LogP contribution in [0.1, 0.15) is 16.1 Å². The average Bonchev–Trinajstić information content (AvgIpc) is 2.33. The van der Waals surface area contributed by atoms with Crippen LogP contribution in [0.25, 0.3) is 0 Å². The van der Waals surface area contributed by atoms with Crippen LogP contribution in [0.5, 0.6) is 0 Å². The minimum absolute atomic E-state index is 0.128. The molecule has 17 heavy (non-hydrogen) atoms. The lowest BCUT2D eigenvalue weighted by molar-refractivity contribution is 0.0988. The normalized spacial score (nSPS) is 10.2. The number of carbonyl (C=O) groups excluding carboxylic acids is 1. The molecule has 0 N–H and O–H groups in total. The van der Waals surface area contributed by atoms with E-state index in [1.54, 1.807) is 0 Å². The molecule has 0 bridgehead atoms. The molecule has 0 radical (unpaired) electrons. The van der Waals surface area contributed by atoms with Crippen molar-refractivity contribution in [1.82, 2.24) is 4.98 Å². The first-order chi connectivity index (χ1) is 8.16. The molecule has 0 saturated carbocycles. The van der Waals surface area contributed by atoms with E-state index in [9.17, 15) is 9.18 Å². The number of nitrogens with zero attached hydrogens (tertiary/aromatic N) is 1. The van der Waals surface area contributed by atoms with Crippen LogP contribution in [-0.4, -0.2) is 10.8 Å². The van der Waals surface area contributed by atoms with E-state index in [0.29, 0.717) is 0 Å². The summed E-state index contributed by atoms with van der Waals surface area (Å²) in [6, 6.07) is 10.1. The van der Waals surface area contributed by atoms with Gasteiger partial charge in [0.25, 0.3) is 0 Å². The van der Waals surface area contributed by atoms with E-state index < -0.39 is 5.82 Å². The molecule has 0 aliphatic rings. The maximum absolute atomic E-state index is 12.7. The van der Waals surface area contributed by atoms with Gasteiger partial charge in [-0.25, -0.2) is 4.39 Å². The third-order valence-corrected chi connectivity index (χ3v) is 3.10. The van der Waals surface area contributed by atoms with Gasteiger partial charge in [-0.1, -0.05) is 34.1 Å². The first-order valence-electron chi connectivity index (χ1n) is 5.05. The van der Waals surface area contributed by atoms with Crippen molar-refractivity contribution >= 4 is 21.7 Å². The Morgan fingerprint density at radius 2 is 2.00 bits per heavy atom. The van der Waals surface area contributed by atoms with Crippen LogP contribution in [0.4, 0.5) is 4.39 Å². The Morgan fingerprint density at radius 1 is 1.24 bits per heavy atom. The van der Waals surface area contributed by atoms with Gasteiger partial charge in [-0.2, -0.15) is 0 Å². The quantitative estimate of drug-likeness (QED) is 0.812. The van der Waals surface area contributed by atoms with Crippen molar-refractivity contribution in [2.24, 2.45) is 0 Å². The van der Waals surface area contributed by atoms with Gasteiger partial charge in [-0.05, 0) is 23.8 Å². The summed E-state index contributed by atoms with van der Waals surface area (Å²) >= 11 is 3.38. The summed E-state index contributed by atoms with van der Waals surface area (Å²) in [4.78, 5) is 15.6. The highest BCUT2D eigenvalue weighted by molar-refractivity contribution is 9.10. The third kappa shape index (κ3) is 2.97. The monoisotopic (exact) mass is 293 g/mol. The number of ketones is 1. The van der Waals surface area contributed by atoms with E-state index in [1.807, 2.05) is 24.3 Å². The minimum atomic E-state index is -0.442. The lowest BCUT2D eigenvalue weighted by Crippen LogP contribution is -2.06. The van der Waals surface area contributed by atoms with Gasteiger partial charge in [0.05, 0.1) is 6.20 Å². The van der Waals surface area contributed by atoms with Crippen molar-refractivity contribution in [1.29, 1.82) is 0 Å². The Bertz CT molecular complexity index is 539. The molecule has 0 atom stereocenters. The molecule has 0 amide bonds. The van der Waals surface area contributed by atoms with E-state index in [0.717, 1.165) is 16.2 Å². The van der Waals surface area contributed by atoms with Crippen LogP contribution in [0.15, 0.2) is 47.1 Å². The zero-order valence-corrected chi connectivity index (χ0v) is 10.4. The molecule has 4 heteroatoms. The van der Waals surface area contributed by atoms with Crippen molar-refractivity contribution in [3.8, 4) is 0 Å². The molecule has 1 heterocycles. The van der Waals surface area contributed by atoms with Crippen LogP contribution < -0.4 is 0 Å². The number of carbonyl (C=O) groups is 1. The Labute approximate surface area is 107 Å². The van der Waals surface area contributed by atoms with E-state index >= 15 is 0 Å². The number of Topliss-reactive ketones (excluding diaryl/α,β-unsaturated/α-hetero) is 1. The lowest BCUT2D eigenvalue weighted by Gasteiger charge is -2.03. The third-order valence-electron chi connectivity index (χ3n) is 2.32. The molecule has 0 saturated heterocycles. The highest BCUT2D eigenvalue weighted by Gasteiger charge is 2.10. The fourth-order valence-corrected chi connectivity index (χ4v) is 1.87. The van der Waals surface area contributed by atoms with Crippen LogP contribution in [0.2, 0.25) is 0 Å². The fraction of sp³-hybridized carbons (Fsp3) is 0.0769. The highest BCUT2D eigenvalue weighted by Crippen LogP contribution is 2.17. The summed E-state index contributed by atoms with van der Waals surface area (Å²) in [5.41, 5.74) is 1.17. The highest BCUT2D eigenvalue weighted by atomic mass is 79.9. The molecule has 0 unspecified atom stereocenters. The van der Waals surface area contributed by atoms with Crippen LogP contribution in [0.3, 0.4) is 0 Å². The van der Waals surface area contributed by atoms with Crippen molar-refractivity contribution in [3.63, 3.8) is 0 Å². The summed E-state index contributed by atoms with van der Waals surface area (Å²) in [6.07, 6.45) is 1.30. The van der Waals surface area contributed by atoms with Crippen LogP contribution in [0, 0.1) is 5.82 Å². The van der Waals surface area contributed by atoms with Gasteiger partial charge in [-0.15, -0.1) is 0 Å². The van der Waals surface area contributed by atoms with Gasteiger partial charge >= 0.3 is 0 Å². The number of benzene rings is 1. The molecule has 0 spiro atoms. The van der Waals surface area contributed by atoms with Gasteiger partial charge in [0.2, 0.25) is 0 Å². The molecule has 0 aliphatic heterocycles. The second kappa shape index (κ2) is 5.19. The second-order valence-electron chi connectivity index (χ2n) is 3.55. The van der Waals surface area contributed by atoms with E-state index in [2.05, 4.69) is 20.9 Å². The number of hydrogen-bond donors (Lipinski definition) is 0. The Kier molecular flexibility index (Phi) is 3.64.